The van der Waals surface area contributed by atoms with Gasteiger partial charge in [-0.05, 0) is 74.5 Å². The van der Waals surface area contributed by atoms with E-state index in [0.717, 1.165) is 69.1 Å². The summed E-state index contributed by atoms with van der Waals surface area (Å²) >= 11 is 0. The number of likely N-dealkylation sites (tertiary alicyclic amines) is 1. The van der Waals surface area contributed by atoms with Gasteiger partial charge in [-0.1, -0.05) is 24.3 Å². The maximum atomic E-state index is 12.4. The van der Waals surface area contributed by atoms with Gasteiger partial charge < -0.3 is 23.8 Å². The average molecular weight is 535 g/mol. The summed E-state index contributed by atoms with van der Waals surface area (Å²) in [7, 11) is 1.67. The van der Waals surface area contributed by atoms with E-state index in [1.807, 2.05) is 41.3 Å². The summed E-state index contributed by atoms with van der Waals surface area (Å²) in [6.45, 7) is 4.85. The van der Waals surface area contributed by atoms with Crippen molar-refractivity contribution in [3.63, 3.8) is 0 Å². The lowest BCUT2D eigenvalue weighted by atomic mass is 9.93. The number of carbonyl (C=O) groups is 1. The van der Waals surface area contributed by atoms with Gasteiger partial charge in [0.15, 0.2) is 11.5 Å². The van der Waals surface area contributed by atoms with Crippen molar-refractivity contribution in [2.24, 2.45) is 5.92 Å². The second-order valence-electron chi connectivity index (χ2n) is 9.51. The Morgan fingerprint density at radius 1 is 0.944 bits per heavy atom. The average Bonchev–Trinajstić information content (AvgIpc) is 3.22. The number of piperidine rings is 1. The third-order valence-electron chi connectivity index (χ3n) is 7.22. The van der Waals surface area contributed by atoms with Crippen LogP contribution in [0.4, 0.5) is 4.79 Å². The highest BCUT2D eigenvalue weighted by atomic mass is 32.1. The van der Waals surface area contributed by atoms with Crippen LogP contribution in [0.1, 0.15) is 24.8 Å². The molecule has 198 valence electrons. The van der Waals surface area contributed by atoms with Crippen LogP contribution in [0, 0.1) is 5.92 Å². The molecule has 3 aliphatic heterocycles. The van der Waals surface area contributed by atoms with E-state index >= 15 is 0 Å². The van der Waals surface area contributed by atoms with E-state index in [0.29, 0.717) is 19.1 Å². The van der Waals surface area contributed by atoms with E-state index in [1.54, 1.807) is 7.11 Å². The highest BCUT2D eigenvalue weighted by molar-refractivity contribution is 7.59. The molecule has 2 saturated heterocycles. The van der Waals surface area contributed by atoms with Crippen molar-refractivity contribution in [3.8, 4) is 17.2 Å². The minimum Gasteiger partial charge on any atom is -0.497 e. The molecule has 0 unspecified atom stereocenters. The van der Waals surface area contributed by atoms with Crippen LogP contribution in [0.15, 0.2) is 48.5 Å². The Morgan fingerprint density at radius 2 is 1.67 bits per heavy atom. The Kier molecular flexibility index (Phi) is 10.5. The summed E-state index contributed by atoms with van der Waals surface area (Å²) in [5, 5.41) is 0. The fourth-order valence-electron chi connectivity index (χ4n) is 5.19. The number of fused-ring (bicyclic) bond motifs is 1. The number of cyclic esters (lactones) is 1. The van der Waals surface area contributed by atoms with Gasteiger partial charge in [-0.2, -0.15) is 27.0 Å². The number of para-hydroxylation sites is 2. The van der Waals surface area contributed by atoms with Crippen LogP contribution < -0.4 is 14.2 Å². The number of methoxy groups -OCH3 is 1. The maximum absolute atomic E-state index is 12.4. The first-order valence-electron chi connectivity index (χ1n) is 12.3. The zero-order valence-electron chi connectivity index (χ0n) is 20.9. The molecule has 2 aromatic carbocycles. The number of ether oxygens (including phenoxy) is 4. The van der Waals surface area contributed by atoms with Crippen molar-refractivity contribution in [2.75, 3.05) is 46.5 Å². The van der Waals surface area contributed by atoms with Gasteiger partial charge in [0.25, 0.3) is 0 Å². The molecule has 3 heterocycles. The summed E-state index contributed by atoms with van der Waals surface area (Å²) in [5.74, 6) is 3.16. The van der Waals surface area contributed by atoms with Crippen molar-refractivity contribution >= 4 is 33.1 Å². The first-order valence-corrected chi connectivity index (χ1v) is 12.3. The second-order valence-corrected chi connectivity index (χ2v) is 9.51. The molecule has 5 rings (SSSR count). The van der Waals surface area contributed by atoms with Gasteiger partial charge >= 0.3 is 6.09 Å². The number of benzene rings is 2. The van der Waals surface area contributed by atoms with Crippen molar-refractivity contribution in [1.82, 2.24) is 9.80 Å². The zero-order chi connectivity index (χ0) is 23.3. The molecule has 3 aliphatic rings. The molecule has 0 saturated carbocycles. The molecule has 0 spiro atoms. The molecule has 2 aromatic rings. The Balaban J connectivity index is 0.00000180. The third kappa shape index (κ3) is 6.95. The molecule has 0 aliphatic carbocycles. The summed E-state index contributed by atoms with van der Waals surface area (Å²) in [4.78, 5) is 16.8. The summed E-state index contributed by atoms with van der Waals surface area (Å²) in [6, 6.07) is 16.0. The van der Waals surface area contributed by atoms with Gasteiger partial charge in [-0.3, -0.25) is 4.90 Å². The van der Waals surface area contributed by atoms with Gasteiger partial charge in [-0.15, -0.1) is 0 Å². The lowest BCUT2D eigenvalue weighted by Crippen LogP contribution is -2.44. The highest BCUT2D eigenvalue weighted by Crippen LogP contribution is 2.31. The van der Waals surface area contributed by atoms with Gasteiger partial charge in [0, 0.05) is 13.1 Å². The molecule has 2 fully saturated rings. The van der Waals surface area contributed by atoms with Gasteiger partial charge in [0.1, 0.15) is 25.1 Å². The minimum absolute atomic E-state index is 0. The van der Waals surface area contributed by atoms with Gasteiger partial charge in [0.05, 0.1) is 13.2 Å². The molecular formula is C27H38N2O5S2. The van der Waals surface area contributed by atoms with Gasteiger partial charge in [0.2, 0.25) is 0 Å². The second kappa shape index (κ2) is 13.4. The van der Waals surface area contributed by atoms with Crippen LogP contribution in [0.5, 0.6) is 17.2 Å². The monoisotopic (exact) mass is 534 g/mol. The molecule has 9 heteroatoms. The van der Waals surface area contributed by atoms with Gasteiger partial charge in [-0.25, -0.2) is 4.79 Å². The molecule has 7 nitrogen and oxygen atoms in total. The predicted octanol–water partition coefficient (Wildman–Crippen LogP) is 4.23. The van der Waals surface area contributed by atoms with Crippen LogP contribution >= 0.6 is 27.0 Å². The van der Waals surface area contributed by atoms with E-state index in [2.05, 4.69) is 17.0 Å². The summed E-state index contributed by atoms with van der Waals surface area (Å²) in [6.07, 6.45) is 4.03. The fraction of sp³-hybridized carbons (Fsp3) is 0.519. The van der Waals surface area contributed by atoms with Crippen LogP contribution in [0.3, 0.4) is 0 Å². The smallest absolute Gasteiger partial charge is 0.410 e. The van der Waals surface area contributed by atoms with Crippen LogP contribution in [0.25, 0.3) is 0 Å². The Morgan fingerprint density at radius 3 is 2.39 bits per heavy atom. The molecule has 2 atom stereocenters. The SMILES string of the molecule is COc1ccc(C[C@H]2COC(=O)N2CCC2CCN(C[C@H]3COc4ccccc4O3)CC2)cc1.S.S. The Bertz CT molecular complexity index is 969. The molecule has 0 aromatic heterocycles. The number of hydrogen-bond acceptors (Lipinski definition) is 6. The fourth-order valence-corrected chi connectivity index (χ4v) is 5.19. The van der Waals surface area contributed by atoms with E-state index in [1.165, 1.54) is 5.56 Å². The predicted molar refractivity (Wildman–Crippen MR) is 149 cm³/mol. The van der Waals surface area contributed by atoms with Crippen LogP contribution in [-0.4, -0.2) is 74.5 Å². The summed E-state index contributed by atoms with van der Waals surface area (Å²) < 4.78 is 22.6. The van der Waals surface area contributed by atoms with Crippen molar-refractivity contribution in [2.45, 2.75) is 37.8 Å². The van der Waals surface area contributed by atoms with Crippen molar-refractivity contribution in [3.05, 3.63) is 54.1 Å². The molecule has 0 N–H and O–H groups in total. The van der Waals surface area contributed by atoms with Crippen LogP contribution in [-0.2, 0) is 11.2 Å². The summed E-state index contributed by atoms with van der Waals surface area (Å²) in [5.41, 5.74) is 1.19. The Labute approximate surface area is 227 Å². The molecule has 0 radical (unpaired) electrons. The molecule has 0 bridgehead atoms. The molecular weight excluding hydrogens is 496 g/mol. The highest BCUT2D eigenvalue weighted by Gasteiger charge is 2.33. The van der Waals surface area contributed by atoms with Crippen LogP contribution in [0.2, 0.25) is 0 Å². The van der Waals surface area contributed by atoms with Crippen molar-refractivity contribution in [1.29, 1.82) is 0 Å². The van der Waals surface area contributed by atoms with Crippen molar-refractivity contribution < 1.29 is 23.7 Å². The topological polar surface area (TPSA) is 60.5 Å². The Hall–Kier alpha value is -2.23. The quantitative estimate of drug-likeness (QED) is 0.505. The number of carbonyl (C=O) groups excluding carboxylic acids is 1. The number of amides is 1. The number of nitrogens with zero attached hydrogens (tertiary/aromatic N) is 2. The zero-order valence-corrected chi connectivity index (χ0v) is 22.9. The first-order chi connectivity index (χ1) is 16.7. The number of hydrogen-bond donors (Lipinski definition) is 0. The lowest BCUT2D eigenvalue weighted by Gasteiger charge is -2.36. The van der Waals surface area contributed by atoms with E-state index in [9.17, 15) is 4.79 Å². The first kappa shape index (κ1) is 28.3. The molecule has 1 amide bonds. The largest absolute Gasteiger partial charge is 0.497 e. The standard InChI is InChI=1S/C27H34N2O5.2H2S/c1-31-23-8-6-21(7-9-23)16-22-18-33-27(30)29(22)15-12-20-10-13-28(14-11-20)17-24-19-32-25-4-2-3-5-26(25)34-24;;/h2-9,20,22,24H,10-19H2,1H3;2*1H2/t22-,24-;;/m0../s1. The number of rotatable bonds is 8. The van der Waals surface area contributed by atoms with E-state index < -0.39 is 0 Å². The van der Waals surface area contributed by atoms with E-state index in [-0.39, 0.29) is 45.2 Å². The van der Waals surface area contributed by atoms with E-state index in [4.69, 9.17) is 18.9 Å². The normalized spacial score (nSPS) is 21.8. The maximum Gasteiger partial charge on any atom is 0.410 e. The minimum atomic E-state index is -0.175. The lowest BCUT2D eigenvalue weighted by molar-refractivity contribution is 0.0466. The molecule has 36 heavy (non-hydrogen) atoms. The third-order valence-corrected chi connectivity index (χ3v) is 7.22.